The molecule has 7 nitrogen and oxygen atoms in total. The van der Waals surface area contributed by atoms with Crippen LogP contribution in [0, 0.1) is 20.8 Å². The van der Waals surface area contributed by atoms with E-state index in [4.69, 9.17) is 18.9 Å². The number of hydrogen-bond donors (Lipinski definition) is 0. The summed E-state index contributed by atoms with van der Waals surface area (Å²) in [5.74, 6) is -1.41. The van der Waals surface area contributed by atoms with E-state index in [0.29, 0.717) is 28.0 Å². The number of ether oxygens (including phenoxy) is 4. The Kier molecular flexibility index (Phi) is 13.4. The highest BCUT2D eigenvalue weighted by atomic mass is 32.2. The van der Waals surface area contributed by atoms with Crippen LogP contribution in [0.4, 0.5) is 0 Å². The van der Waals surface area contributed by atoms with Crippen molar-refractivity contribution in [2.24, 2.45) is 0 Å². The van der Waals surface area contributed by atoms with Gasteiger partial charge in [0.25, 0.3) is 0 Å². The normalized spacial score (nSPS) is 18.8. The number of carbonyl (C=O) groups is 3. The van der Waals surface area contributed by atoms with Crippen LogP contribution in [0.1, 0.15) is 68.5 Å². The number of rotatable bonds is 11. The van der Waals surface area contributed by atoms with Gasteiger partial charge in [-0.25, -0.2) is 14.4 Å². The predicted molar refractivity (Wildman–Crippen MR) is 183 cm³/mol. The van der Waals surface area contributed by atoms with Crippen molar-refractivity contribution in [1.29, 1.82) is 0 Å². The van der Waals surface area contributed by atoms with E-state index in [0.717, 1.165) is 16.7 Å². The third-order valence-corrected chi connectivity index (χ3v) is 8.45. The SMILES string of the molecule is C=C/C=C(\C)C(=C)OC1S[C@H](COC(=O)c2ccc(C)cc2)[C@H](OC(=O)c2ccc(C)cc2)[C@@H]1OC(=O)c1ccc(C)cc1.CC. The van der Waals surface area contributed by atoms with Crippen molar-refractivity contribution in [3.05, 3.63) is 143 Å². The van der Waals surface area contributed by atoms with E-state index in [1.807, 2.05) is 65.8 Å². The van der Waals surface area contributed by atoms with Gasteiger partial charge in [0.2, 0.25) is 0 Å². The molecule has 0 saturated carbocycles. The smallest absolute Gasteiger partial charge is 0.338 e. The fourth-order valence-electron chi connectivity index (χ4n) is 4.38. The molecule has 0 bridgehead atoms. The Labute approximate surface area is 276 Å². The minimum Gasteiger partial charge on any atom is -0.476 e. The molecule has 0 N–H and O–H groups in total. The van der Waals surface area contributed by atoms with Gasteiger partial charge in [-0.05, 0) is 69.7 Å². The quantitative estimate of drug-likeness (QED) is 0.0893. The first-order chi connectivity index (χ1) is 22.0. The second kappa shape index (κ2) is 17.2. The maximum absolute atomic E-state index is 13.4. The van der Waals surface area contributed by atoms with E-state index >= 15 is 0 Å². The molecule has 1 saturated heterocycles. The number of thioether (sulfide) groups is 1. The molecule has 0 spiro atoms. The van der Waals surface area contributed by atoms with E-state index in [1.54, 1.807) is 60.7 Å². The summed E-state index contributed by atoms with van der Waals surface area (Å²) in [7, 11) is 0. The van der Waals surface area contributed by atoms with Gasteiger partial charge in [0.1, 0.15) is 12.4 Å². The molecule has 4 atom stereocenters. The van der Waals surface area contributed by atoms with Crippen molar-refractivity contribution in [3.63, 3.8) is 0 Å². The largest absolute Gasteiger partial charge is 0.476 e. The molecule has 0 radical (unpaired) electrons. The lowest BCUT2D eigenvalue weighted by molar-refractivity contribution is -0.0598. The van der Waals surface area contributed by atoms with Gasteiger partial charge < -0.3 is 18.9 Å². The molecule has 3 aromatic carbocycles. The Bertz CT molecular complexity index is 1540. The van der Waals surface area contributed by atoms with Crippen LogP contribution in [0.5, 0.6) is 0 Å². The average Bonchev–Trinajstić information content (AvgIpc) is 3.36. The summed E-state index contributed by atoms with van der Waals surface area (Å²) in [6, 6.07) is 20.9. The highest BCUT2D eigenvalue weighted by Crippen LogP contribution is 2.41. The fourth-order valence-corrected chi connectivity index (χ4v) is 5.78. The van der Waals surface area contributed by atoms with Crippen LogP contribution in [0.3, 0.4) is 0 Å². The topological polar surface area (TPSA) is 88.1 Å². The summed E-state index contributed by atoms with van der Waals surface area (Å²) in [6.45, 7) is 19.2. The van der Waals surface area contributed by atoms with Crippen LogP contribution in [0.25, 0.3) is 0 Å². The van der Waals surface area contributed by atoms with Crippen LogP contribution in [0.15, 0.2) is 109 Å². The van der Waals surface area contributed by atoms with Crippen molar-refractivity contribution in [1.82, 2.24) is 0 Å². The number of benzene rings is 3. The molecule has 1 aliphatic heterocycles. The zero-order valence-corrected chi connectivity index (χ0v) is 28.1. The second-order valence-corrected chi connectivity index (χ2v) is 11.9. The first-order valence-corrected chi connectivity index (χ1v) is 16.1. The molecule has 1 fully saturated rings. The lowest BCUT2D eigenvalue weighted by atomic mass is 10.1. The maximum Gasteiger partial charge on any atom is 0.338 e. The van der Waals surface area contributed by atoms with Crippen molar-refractivity contribution in [2.75, 3.05) is 6.61 Å². The Morgan fingerprint density at radius 1 is 0.696 bits per heavy atom. The summed E-state index contributed by atoms with van der Waals surface area (Å²) in [6.07, 6.45) is 1.28. The van der Waals surface area contributed by atoms with E-state index in [-0.39, 0.29) is 6.61 Å². The third-order valence-electron chi connectivity index (χ3n) is 7.06. The van der Waals surface area contributed by atoms with Crippen LogP contribution in [-0.2, 0) is 18.9 Å². The molecule has 8 heteroatoms. The molecular weight excluding hydrogens is 600 g/mol. The molecule has 1 aliphatic rings. The van der Waals surface area contributed by atoms with E-state index < -0.39 is 40.8 Å². The number of esters is 3. The molecule has 0 aliphatic carbocycles. The average molecular weight is 643 g/mol. The van der Waals surface area contributed by atoms with Gasteiger partial charge in [0.05, 0.1) is 21.9 Å². The lowest BCUT2D eigenvalue weighted by Gasteiger charge is -2.26. The Morgan fingerprint density at radius 3 is 1.54 bits per heavy atom. The lowest BCUT2D eigenvalue weighted by Crippen LogP contribution is -2.42. The fraction of sp³-hybridized carbons (Fsp3) is 0.289. The number of hydrogen-bond acceptors (Lipinski definition) is 8. The molecule has 4 rings (SSSR count). The highest BCUT2D eigenvalue weighted by Gasteiger charge is 2.51. The van der Waals surface area contributed by atoms with Crippen molar-refractivity contribution in [3.8, 4) is 0 Å². The zero-order valence-electron chi connectivity index (χ0n) is 27.3. The highest BCUT2D eigenvalue weighted by molar-refractivity contribution is 8.00. The van der Waals surface area contributed by atoms with Gasteiger partial charge in [-0.3, -0.25) is 0 Å². The minimum atomic E-state index is -1.06. The molecule has 3 aromatic rings. The van der Waals surface area contributed by atoms with Gasteiger partial charge in [-0.2, -0.15) is 0 Å². The number of allylic oxidation sites excluding steroid dienone is 3. The van der Waals surface area contributed by atoms with Crippen molar-refractivity contribution >= 4 is 29.7 Å². The molecule has 242 valence electrons. The Morgan fingerprint density at radius 2 is 1.11 bits per heavy atom. The van der Waals surface area contributed by atoms with Crippen LogP contribution < -0.4 is 0 Å². The van der Waals surface area contributed by atoms with Gasteiger partial charge in [0, 0.05) is 0 Å². The first-order valence-electron chi connectivity index (χ1n) is 15.2. The summed E-state index contributed by atoms with van der Waals surface area (Å²) in [5.41, 5.74) is 3.92. The van der Waals surface area contributed by atoms with Crippen molar-refractivity contribution in [2.45, 2.75) is 64.4 Å². The minimum absolute atomic E-state index is 0.129. The standard InChI is InChI=1S/C36H36O7S.C2H6/c1-7-8-25(5)26(6)41-36-32(43-35(39)29-19-13-24(4)14-20-29)31(42-34(38)28-17-11-23(3)12-18-28)30(44-36)21-40-33(37)27-15-9-22(2)10-16-27;1-2/h7-20,30-32,36H,1,6,21H2,2-5H3;1-2H3/b25-8+;/t30-,31+,32+,36?;/m1./s1. The predicted octanol–water partition coefficient (Wildman–Crippen LogP) is 8.35. The van der Waals surface area contributed by atoms with Gasteiger partial charge in [-0.15, -0.1) is 11.8 Å². The summed E-state index contributed by atoms with van der Waals surface area (Å²) >= 11 is 1.24. The summed E-state index contributed by atoms with van der Waals surface area (Å²) < 4.78 is 23.9. The van der Waals surface area contributed by atoms with E-state index in [9.17, 15) is 14.4 Å². The molecule has 0 amide bonds. The van der Waals surface area contributed by atoms with Gasteiger partial charge >= 0.3 is 17.9 Å². The van der Waals surface area contributed by atoms with Gasteiger partial charge in [-0.1, -0.05) is 92.2 Å². The van der Waals surface area contributed by atoms with E-state index in [2.05, 4.69) is 13.2 Å². The molecular formula is C38H42O7S. The Hall–Kier alpha value is -4.56. The monoisotopic (exact) mass is 642 g/mol. The number of aryl methyl sites for hydroxylation is 3. The maximum atomic E-state index is 13.4. The van der Waals surface area contributed by atoms with Crippen LogP contribution in [0.2, 0.25) is 0 Å². The molecule has 46 heavy (non-hydrogen) atoms. The van der Waals surface area contributed by atoms with E-state index in [1.165, 1.54) is 11.8 Å². The first kappa shape index (κ1) is 35.9. The Balaban J connectivity index is 0.00000282. The van der Waals surface area contributed by atoms with Gasteiger partial charge in [0.15, 0.2) is 17.6 Å². The molecule has 1 heterocycles. The zero-order chi connectivity index (χ0) is 33.8. The van der Waals surface area contributed by atoms with Crippen LogP contribution >= 0.6 is 11.8 Å². The third kappa shape index (κ3) is 9.72. The summed E-state index contributed by atoms with van der Waals surface area (Å²) in [4.78, 5) is 39.6. The summed E-state index contributed by atoms with van der Waals surface area (Å²) in [5, 5.41) is -0.629. The van der Waals surface area contributed by atoms with Crippen LogP contribution in [-0.4, -0.2) is 47.4 Å². The van der Waals surface area contributed by atoms with Crippen molar-refractivity contribution < 1.29 is 33.3 Å². The molecule has 0 aromatic heterocycles. The molecule has 1 unspecified atom stereocenters. The number of carbonyl (C=O) groups excluding carboxylic acids is 3. The second-order valence-electron chi connectivity index (χ2n) is 10.6.